The van der Waals surface area contributed by atoms with Gasteiger partial charge >= 0.3 is 0 Å². The van der Waals surface area contributed by atoms with Crippen molar-refractivity contribution >= 4 is 0 Å². The van der Waals surface area contributed by atoms with E-state index >= 15 is 0 Å². The molecule has 1 N–H and O–H groups in total. The summed E-state index contributed by atoms with van der Waals surface area (Å²) in [6, 6.07) is 9.22. The van der Waals surface area contributed by atoms with Crippen molar-refractivity contribution in [3.63, 3.8) is 0 Å². The van der Waals surface area contributed by atoms with Crippen LogP contribution in [0.4, 0.5) is 0 Å². The van der Waals surface area contributed by atoms with Crippen molar-refractivity contribution in [2.75, 3.05) is 13.7 Å². The molecule has 0 radical (unpaired) electrons. The second-order valence-corrected chi connectivity index (χ2v) is 5.90. The molecule has 0 aromatic heterocycles. The van der Waals surface area contributed by atoms with E-state index in [0.717, 1.165) is 24.1 Å². The summed E-state index contributed by atoms with van der Waals surface area (Å²) < 4.78 is 5.32. The Bertz CT molecular complexity index is 391. The van der Waals surface area contributed by atoms with Gasteiger partial charge in [0.25, 0.3) is 0 Å². The fourth-order valence-corrected chi connectivity index (χ4v) is 3.36. The van der Waals surface area contributed by atoms with Crippen LogP contribution >= 0.6 is 0 Å². The molecule has 1 aliphatic rings. The summed E-state index contributed by atoms with van der Waals surface area (Å²) in [6.45, 7) is 5.68. The quantitative estimate of drug-likeness (QED) is 0.873. The molecule has 0 spiro atoms. The van der Waals surface area contributed by atoms with Crippen LogP contribution in [-0.2, 0) is 6.42 Å². The molecule has 106 valence electrons. The van der Waals surface area contributed by atoms with E-state index in [1.807, 2.05) is 6.07 Å². The molecule has 1 fully saturated rings. The van der Waals surface area contributed by atoms with Crippen LogP contribution in [0.15, 0.2) is 24.3 Å². The van der Waals surface area contributed by atoms with Gasteiger partial charge in [-0.25, -0.2) is 0 Å². The van der Waals surface area contributed by atoms with Crippen LogP contribution in [0.3, 0.4) is 0 Å². The van der Waals surface area contributed by atoms with Gasteiger partial charge in [-0.1, -0.05) is 26.0 Å². The second kappa shape index (κ2) is 6.95. The normalized spacial score (nSPS) is 27.2. The number of nitrogens with one attached hydrogen (secondary N) is 1. The summed E-state index contributed by atoms with van der Waals surface area (Å²) in [7, 11) is 1.74. The Kier molecular flexibility index (Phi) is 5.26. The number of ether oxygens (including phenoxy) is 1. The number of hydrogen-bond donors (Lipinski definition) is 1. The van der Waals surface area contributed by atoms with Crippen molar-refractivity contribution in [3.05, 3.63) is 29.8 Å². The third-order valence-electron chi connectivity index (χ3n) is 4.34. The summed E-state index contributed by atoms with van der Waals surface area (Å²) in [5.74, 6) is 2.60. The molecule has 1 aromatic carbocycles. The summed E-state index contributed by atoms with van der Waals surface area (Å²) in [6.07, 6.45) is 5.20. The molecule has 2 heteroatoms. The Balaban J connectivity index is 2.04. The van der Waals surface area contributed by atoms with Gasteiger partial charge in [-0.05, 0) is 61.8 Å². The molecule has 3 unspecified atom stereocenters. The van der Waals surface area contributed by atoms with Gasteiger partial charge in [-0.3, -0.25) is 0 Å². The summed E-state index contributed by atoms with van der Waals surface area (Å²) in [4.78, 5) is 0. The number of benzene rings is 1. The Labute approximate surface area is 117 Å². The molecule has 0 amide bonds. The van der Waals surface area contributed by atoms with Gasteiger partial charge < -0.3 is 10.1 Å². The maximum atomic E-state index is 5.32. The van der Waals surface area contributed by atoms with Gasteiger partial charge in [0.1, 0.15) is 5.75 Å². The van der Waals surface area contributed by atoms with E-state index in [2.05, 4.69) is 37.4 Å². The summed E-state index contributed by atoms with van der Waals surface area (Å²) in [5, 5.41) is 3.67. The second-order valence-electron chi connectivity index (χ2n) is 5.90. The fraction of sp³-hybridized carbons (Fsp3) is 0.647. The highest BCUT2D eigenvalue weighted by Gasteiger charge is 2.27. The third kappa shape index (κ3) is 3.97. The SMILES string of the molecule is CCNC1CCC(C)CC1Cc1cccc(OC)c1. The highest BCUT2D eigenvalue weighted by Crippen LogP contribution is 2.32. The fourth-order valence-electron chi connectivity index (χ4n) is 3.36. The van der Waals surface area contributed by atoms with Crippen molar-refractivity contribution < 1.29 is 4.74 Å². The molecule has 0 saturated heterocycles. The molecule has 2 rings (SSSR count). The predicted molar refractivity (Wildman–Crippen MR) is 80.7 cm³/mol. The summed E-state index contributed by atoms with van der Waals surface area (Å²) >= 11 is 0. The van der Waals surface area contributed by atoms with Crippen LogP contribution in [0.1, 0.15) is 38.7 Å². The minimum absolute atomic E-state index is 0.687. The largest absolute Gasteiger partial charge is 0.497 e. The van der Waals surface area contributed by atoms with E-state index < -0.39 is 0 Å². The van der Waals surface area contributed by atoms with Gasteiger partial charge in [0.05, 0.1) is 7.11 Å². The van der Waals surface area contributed by atoms with Crippen molar-refractivity contribution in [1.29, 1.82) is 0 Å². The van der Waals surface area contributed by atoms with Gasteiger partial charge in [0.15, 0.2) is 0 Å². The Morgan fingerprint density at radius 3 is 2.89 bits per heavy atom. The zero-order chi connectivity index (χ0) is 13.7. The Morgan fingerprint density at radius 2 is 2.16 bits per heavy atom. The van der Waals surface area contributed by atoms with Crippen LogP contribution in [0.5, 0.6) is 5.75 Å². The molecule has 1 aliphatic carbocycles. The van der Waals surface area contributed by atoms with Crippen LogP contribution < -0.4 is 10.1 Å². The molecule has 1 aromatic rings. The Morgan fingerprint density at radius 1 is 1.32 bits per heavy atom. The van der Waals surface area contributed by atoms with Gasteiger partial charge in [0.2, 0.25) is 0 Å². The molecule has 3 atom stereocenters. The van der Waals surface area contributed by atoms with E-state index in [1.54, 1.807) is 7.11 Å². The third-order valence-corrected chi connectivity index (χ3v) is 4.34. The van der Waals surface area contributed by atoms with Crippen LogP contribution in [0.2, 0.25) is 0 Å². The highest BCUT2D eigenvalue weighted by atomic mass is 16.5. The lowest BCUT2D eigenvalue weighted by atomic mass is 9.76. The minimum Gasteiger partial charge on any atom is -0.497 e. The molecule has 0 heterocycles. The average molecular weight is 261 g/mol. The van der Waals surface area contributed by atoms with Gasteiger partial charge in [-0.2, -0.15) is 0 Å². The highest BCUT2D eigenvalue weighted by molar-refractivity contribution is 5.28. The molecular formula is C17H27NO. The average Bonchev–Trinajstić information content (AvgIpc) is 2.42. The van der Waals surface area contributed by atoms with Crippen LogP contribution in [0.25, 0.3) is 0 Å². The molecule has 0 aliphatic heterocycles. The van der Waals surface area contributed by atoms with Crippen molar-refractivity contribution in [2.24, 2.45) is 11.8 Å². The number of methoxy groups -OCH3 is 1. The lowest BCUT2D eigenvalue weighted by molar-refractivity contribution is 0.214. The lowest BCUT2D eigenvalue weighted by Crippen LogP contribution is -2.41. The van der Waals surface area contributed by atoms with Gasteiger partial charge in [0, 0.05) is 6.04 Å². The first-order valence-corrected chi connectivity index (χ1v) is 7.59. The molecule has 19 heavy (non-hydrogen) atoms. The molecule has 0 bridgehead atoms. The maximum Gasteiger partial charge on any atom is 0.119 e. The first-order valence-electron chi connectivity index (χ1n) is 7.59. The zero-order valence-electron chi connectivity index (χ0n) is 12.5. The van der Waals surface area contributed by atoms with Crippen LogP contribution in [0, 0.1) is 11.8 Å². The van der Waals surface area contributed by atoms with E-state index in [-0.39, 0.29) is 0 Å². The van der Waals surface area contributed by atoms with E-state index in [4.69, 9.17) is 4.74 Å². The standard InChI is InChI=1S/C17H27NO/c1-4-18-17-9-8-13(2)10-15(17)11-14-6-5-7-16(12-14)19-3/h5-7,12-13,15,17-18H,4,8-11H2,1-3H3. The van der Waals surface area contributed by atoms with Crippen molar-refractivity contribution in [3.8, 4) is 5.75 Å². The van der Waals surface area contributed by atoms with Gasteiger partial charge in [-0.15, -0.1) is 0 Å². The van der Waals surface area contributed by atoms with Crippen molar-refractivity contribution in [1.82, 2.24) is 5.32 Å². The molecule has 1 saturated carbocycles. The first-order chi connectivity index (χ1) is 9.22. The maximum absolute atomic E-state index is 5.32. The minimum atomic E-state index is 0.687. The monoisotopic (exact) mass is 261 g/mol. The van der Waals surface area contributed by atoms with Crippen molar-refractivity contribution in [2.45, 2.75) is 45.6 Å². The van der Waals surface area contributed by atoms with E-state index in [9.17, 15) is 0 Å². The number of hydrogen-bond acceptors (Lipinski definition) is 2. The summed E-state index contributed by atoms with van der Waals surface area (Å²) in [5.41, 5.74) is 1.40. The predicted octanol–water partition coefficient (Wildman–Crippen LogP) is 3.65. The van der Waals surface area contributed by atoms with E-state index in [1.165, 1.54) is 31.2 Å². The molecule has 2 nitrogen and oxygen atoms in total. The van der Waals surface area contributed by atoms with E-state index in [0.29, 0.717) is 6.04 Å². The Hall–Kier alpha value is -1.02. The lowest BCUT2D eigenvalue weighted by Gasteiger charge is -2.35. The first kappa shape index (κ1) is 14.4. The smallest absolute Gasteiger partial charge is 0.119 e. The molecular weight excluding hydrogens is 234 g/mol. The zero-order valence-corrected chi connectivity index (χ0v) is 12.5. The number of rotatable bonds is 5. The topological polar surface area (TPSA) is 21.3 Å². The van der Waals surface area contributed by atoms with Crippen LogP contribution in [-0.4, -0.2) is 19.7 Å².